The van der Waals surface area contributed by atoms with Crippen molar-refractivity contribution < 1.29 is 9.47 Å². The number of aliphatic imine (C=N–C) groups is 1. The molecule has 150 valence electrons. The molecule has 0 fully saturated rings. The van der Waals surface area contributed by atoms with Gasteiger partial charge in [0, 0.05) is 38.1 Å². The van der Waals surface area contributed by atoms with Crippen LogP contribution in [0.1, 0.15) is 20.3 Å². The van der Waals surface area contributed by atoms with Crippen LogP contribution in [0.5, 0.6) is 11.5 Å². The molecule has 1 heterocycles. The largest absolute Gasteiger partial charge is 0.497 e. The summed E-state index contributed by atoms with van der Waals surface area (Å²) >= 11 is 0. The molecule has 0 radical (unpaired) electrons. The topological polar surface area (TPSA) is 72.7 Å². The SMILES string of the molecule is CCNC(=NCC(C)Oc1cccc(OC)c1)NCCCn1cccn1.I. The quantitative estimate of drug-likeness (QED) is 0.234. The molecule has 1 aromatic heterocycles. The Labute approximate surface area is 178 Å². The highest BCUT2D eigenvalue weighted by atomic mass is 127. The van der Waals surface area contributed by atoms with Crippen LogP contribution >= 0.6 is 24.0 Å². The van der Waals surface area contributed by atoms with E-state index in [1.807, 2.05) is 48.1 Å². The number of ether oxygens (including phenoxy) is 2. The Hall–Kier alpha value is -1.97. The van der Waals surface area contributed by atoms with E-state index in [1.165, 1.54) is 0 Å². The Bertz CT molecular complexity index is 664. The van der Waals surface area contributed by atoms with E-state index in [4.69, 9.17) is 9.47 Å². The lowest BCUT2D eigenvalue weighted by Crippen LogP contribution is -2.38. The molecule has 2 N–H and O–H groups in total. The van der Waals surface area contributed by atoms with Crippen molar-refractivity contribution in [2.45, 2.75) is 32.9 Å². The molecule has 0 saturated carbocycles. The first-order valence-corrected chi connectivity index (χ1v) is 9.01. The van der Waals surface area contributed by atoms with Gasteiger partial charge in [-0.25, -0.2) is 4.99 Å². The Morgan fingerprint density at radius 1 is 1.26 bits per heavy atom. The van der Waals surface area contributed by atoms with Crippen LogP contribution in [0.2, 0.25) is 0 Å². The first kappa shape index (κ1) is 23.1. The van der Waals surface area contributed by atoms with E-state index in [0.29, 0.717) is 6.54 Å². The molecule has 1 aromatic carbocycles. The van der Waals surface area contributed by atoms with Gasteiger partial charge in [-0.15, -0.1) is 24.0 Å². The van der Waals surface area contributed by atoms with Crippen molar-refractivity contribution in [1.29, 1.82) is 0 Å². The van der Waals surface area contributed by atoms with Crippen LogP contribution in [-0.4, -0.2) is 48.6 Å². The first-order valence-electron chi connectivity index (χ1n) is 9.01. The van der Waals surface area contributed by atoms with E-state index in [0.717, 1.165) is 43.5 Å². The minimum Gasteiger partial charge on any atom is -0.497 e. The number of benzene rings is 1. The Morgan fingerprint density at radius 2 is 2.07 bits per heavy atom. The van der Waals surface area contributed by atoms with Gasteiger partial charge < -0.3 is 20.1 Å². The lowest BCUT2D eigenvalue weighted by Gasteiger charge is -2.15. The summed E-state index contributed by atoms with van der Waals surface area (Å²) in [5.74, 6) is 2.36. The third-order valence-corrected chi connectivity index (χ3v) is 3.64. The summed E-state index contributed by atoms with van der Waals surface area (Å²) < 4.78 is 13.0. The van der Waals surface area contributed by atoms with Gasteiger partial charge in [0.1, 0.15) is 17.6 Å². The Balaban J connectivity index is 0.00000364. The van der Waals surface area contributed by atoms with Crippen molar-refractivity contribution in [3.05, 3.63) is 42.7 Å². The van der Waals surface area contributed by atoms with Crippen LogP contribution in [0.4, 0.5) is 0 Å². The highest BCUT2D eigenvalue weighted by Gasteiger charge is 2.05. The van der Waals surface area contributed by atoms with E-state index in [-0.39, 0.29) is 30.1 Å². The van der Waals surface area contributed by atoms with Gasteiger partial charge in [-0.3, -0.25) is 4.68 Å². The Morgan fingerprint density at radius 3 is 2.78 bits per heavy atom. The highest BCUT2D eigenvalue weighted by molar-refractivity contribution is 14.0. The monoisotopic (exact) mass is 487 g/mol. The second kappa shape index (κ2) is 13.2. The predicted molar refractivity (Wildman–Crippen MR) is 119 cm³/mol. The van der Waals surface area contributed by atoms with Crippen molar-refractivity contribution in [2.24, 2.45) is 4.99 Å². The number of hydrogen-bond donors (Lipinski definition) is 2. The molecule has 2 rings (SSSR count). The van der Waals surface area contributed by atoms with Crippen LogP contribution < -0.4 is 20.1 Å². The predicted octanol–water partition coefficient (Wildman–Crippen LogP) is 2.92. The summed E-state index contributed by atoms with van der Waals surface area (Å²) in [6.07, 6.45) is 4.70. The van der Waals surface area contributed by atoms with Crippen LogP contribution in [0.3, 0.4) is 0 Å². The summed E-state index contributed by atoms with van der Waals surface area (Å²) in [6, 6.07) is 9.53. The zero-order valence-electron chi connectivity index (χ0n) is 16.2. The van der Waals surface area contributed by atoms with Gasteiger partial charge in [-0.1, -0.05) is 6.07 Å². The van der Waals surface area contributed by atoms with Gasteiger partial charge in [-0.05, 0) is 38.5 Å². The van der Waals surface area contributed by atoms with Gasteiger partial charge in [0.15, 0.2) is 5.96 Å². The summed E-state index contributed by atoms with van der Waals surface area (Å²) in [5, 5.41) is 10.8. The van der Waals surface area contributed by atoms with E-state index < -0.39 is 0 Å². The molecule has 0 amide bonds. The number of nitrogens with one attached hydrogen (secondary N) is 2. The minimum atomic E-state index is -0.0402. The maximum absolute atomic E-state index is 5.91. The maximum Gasteiger partial charge on any atom is 0.191 e. The molecule has 8 heteroatoms. The van der Waals surface area contributed by atoms with Crippen molar-refractivity contribution >= 4 is 29.9 Å². The standard InChI is InChI=1S/C19H29N5O2.HI/c1-4-20-19(21-10-6-12-24-13-7-11-23-24)22-15-16(2)26-18-9-5-8-17(14-18)25-3;/h5,7-9,11,13-14,16H,4,6,10,12,15H2,1-3H3,(H2,20,21,22);1H. The number of halogens is 1. The average Bonchev–Trinajstić information content (AvgIpc) is 3.16. The fourth-order valence-electron chi connectivity index (χ4n) is 2.39. The fourth-order valence-corrected chi connectivity index (χ4v) is 2.39. The molecule has 0 aliphatic rings. The van der Waals surface area contributed by atoms with Gasteiger partial charge in [0.2, 0.25) is 0 Å². The maximum atomic E-state index is 5.91. The van der Waals surface area contributed by atoms with Crippen molar-refractivity contribution in [3.63, 3.8) is 0 Å². The zero-order valence-corrected chi connectivity index (χ0v) is 18.6. The van der Waals surface area contributed by atoms with E-state index in [9.17, 15) is 0 Å². The molecular formula is C19H30IN5O2. The van der Waals surface area contributed by atoms with Crippen molar-refractivity contribution in [2.75, 3.05) is 26.7 Å². The Kier molecular flexibility index (Phi) is 11.3. The van der Waals surface area contributed by atoms with Gasteiger partial charge in [0.25, 0.3) is 0 Å². The molecule has 0 spiro atoms. The normalized spacial score (nSPS) is 12.0. The number of aryl methyl sites for hydroxylation is 1. The van der Waals surface area contributed by atoms with Crippen LogP contribution in [0.15, 0.2) is 47.7 Å². The lowest BCUT2D eigenvalue weighted by molar-refractivity contribution is 0.229. The number of methoxy groups -OCH3 is 1. The van der Waals surface area contributed by atoms with Crippen LogP contribution in [0, 0.1) is 0 Å². The van der Waals surface area contributed by atoms with Crippen LogP contribution in [0.25, 0.3) is 0 Å². The van der Waals surface area contributed by atoms with Crippen molar-refractivity contribution in [1.82, 2.24) is 20.4 Å². The third kappa shape index (κ3) is 8.98. The summed E-state index contributed by atoms with van der Waals surface area (Å²) in [4.78, 5) is 4.60. The smallest absolute Gasteiger partial charge is 0.191 e. The number of aromatic nitrogens is 2. The molecule has 7 nitrogen and oxygen atoms in total. The molecule has 0 bridgehead atoms. The summed E-state index contributed by atoms with van der Waals surface area (Å²) in [5.41, 5.74) is 0. The molecule has 0 aliphatic heterocycles. The van der Waals surface area contributed by atoms with E-state index in [2.05, 4.69) is 27.6 Å². The minimum absolute atomic E-state index is 0. The van der Waals surface area contributed by atoms with Crippen LogP contribution in [-0.2, 0) is 6.54 Å². The average molecular weight is 487 g/mol. The molecular weight excluding hydrogens is 457 g/mol. The van der Waals surface area contributed by atoms with Gasteiger partial charge in [-0.2, -0.15) is 5.10 Å². The summed E-state index contributed by atoms with van der Waals surface area (Å²) in [6.45, 7) is 7.15. The molecule has 0 aliphatic carbocycles. The van der Waals surface area contributed by atoms with Gasteiger partial charge >= 0.3 is 0 Å². The molecule has 2 aromatic rings. The molecule has 1 atom stereocenters. The molecule has 0 saturated heterocycles. The second-order valence-corrected chi connectivity index (χ2v) is 5.88. The second-order valence-electron chi connectivity index (χ2n) is 5.88. The molecule has 1 unspecified atom stereocenters. The third-order valence-electron chi connectivity index (χ3n) is 3.64. The zero-order chi connectivity index (χ0) is 18.6. The number of hydrogen-bond acceptors (Lipinski definition) is 4. The molecule has 27 heavy (non-hydrogen) atoms. The number of rotatable bonds is 10. The number of nitrogens with zero attached hydrogens (tertiary/aromatic N) is 3. The lowest BCUT2D eigenvalue weighted by atomic mass is 10.3. The first-order chi connectivity index (χ1) is 12.7. The van der Waals surface area contributed by atoms with E-state index in [1.54, 1.807) is 13.3 Å². The van der Waals surface area contributed by atoms with E-state index >= 15 is 0 Å². The number of guanidine groups is 1. The van der Waals surface area contributed by atoms with Gasteiger partial charge in [0.05, 0.1) is 13.7 Å². The van der Waals surface area contributed by atoms with Crippen molar-refractivity contribution in [3.8, 4) is 11.5 Å². The summed E-state index contributed by atoms with van der Waals surface area (Å²) in [7, 11) is 1.65. The fraction of sp³-hybridized carbons (Fsp3) is 0.474. The highest BCUT2D eigenvalue weighted by Crippen LogP contribution is 2.19.